The van der Waals surface area contributed by atoms with Crippen LogP contribution in [0.15, 0.2) is 244 Å². The van der Waals surface area contributed by atoms with Crippen LogP contribution in [-0.2, 0) is 42.7 Å². The number of carbonyl (C=O) groups is 2. The lowest BCUT2D eigenvalue weighted by Crippen LogP contribution is -2.31. The summed E-state index contributed by atoms with van der Waals surface area (Å²) >= 11 is 0. The Morgan fingerprint density at radius 2 is 0.712 bits per heavy atom. The molecule has 0 saturated heterocycles. The van der Waals surface area contributed by atoms with Gasteiger partial charge in [-0.1, -0.05) is 159 Å². The second kappa shape index (κ2) is 22.7. The first-order valence-corrected chi connectivity index (χ1v) is 26.9. The molecule has 10 nitrogen and oxygen atoms in total. The van der Waals surface area contributed by atoms with E-state index in [1.807, 2.05) is 97.1 Å². The van der Waals surface area contributed by atoms with Gasteiger partial charge in [0.2, 0.25) is 0 Å². The quantitative estimate of drug-likeness (QED) is 0.0368. The van der Waals surface area contributed by atoms with Crippen molar-refractivity contribution in [2.24, 2.45) is 0 Å². The van der Waals surface area contributed by atoms with Gasteiger partial charge in [-0.05, 0) is 106 Å². The van der Waals surface area contributed by atoms with Crippen LogP contribution in [0.4, 0.5) is 0 Å². The number of ether oxygens (including phenoxy) is 4. The summed E-state index contributed by atoms with van der Waals surface area (Å²) in [6.07, 6.45) is 0.266. The van der Waals surface area contributed by atoms with E-state index in [9.17, 15) is 18.7 Å². The van der Waals surface area contributed by atoms with Crippen molar-refractivity contribution in [3.8, 4) is 22.6 Å². The Bertz CT molecular complexity index is 2970. The van der Waals surface area contributed by atoms with Crippen molar-refractivity contribution in [2.45, 2.75) is 17.6 Å². The number of fused-ring (bicyclic) bond motifs is 3. The van der Waals surface area contributed by atoms with Crippen LogP contribution in [0, 0.1) is 0 Å². The van der Waals surface area contributed by atoms with Crippen molar-refractivity contribution in [3.63, 3.8) is 0 Å². The number of benzene rings is 8. The monoisotopic (exact) mass is 1010 g/mol. The normalized spacial score (nSPS) is 13.3. The Labute approximate surface area is 425 Å². The Kier molecular flexibility index (Phi) is 15.6. The molecule has 0 amide bonds. The minimum atomic E-state index is -3.70. The molecule has 0 saturated carbocycles. The SMILES string of the molecule is C=CC(=O)OCC(COc1ccc(C2(c3ccc(OCC(COC(=O)C=C)OP(=O)(c4ccccc4)c4ccccc4)cc3)c3ccccc3-c3ccccc32)cc1)OP(=O)(c1ccccc1)c1ccccc1. The molecular formula is C61H52O10P2. The fourth-order valence-electron chi connectivity index (χ4n) is 9.15. The van der Waals surface area contributed by atoms with Crippen molar-refractivity contribution in [3.05, 3.63) is 266 Å². The van der Waals surface area contributed by atoms with E-state index in [4.69, 9.17) is 28.0 Å². The zero-order chi connectivity index (χ0) is 50.7. The van der Waals surface area contributed by atoms with Crippen LogP contribution in [0.3, 0.4) is 0 Å². The van der Waals surface area contributed by atoms with Gasteiger partial charge in [-0.2, -0.15) is 0 Å². The molecule has 73 heavy (non-hydrogen) atoms. The van der Waals surface area contributed by atoms with Gasteiger partial charge in [0.1, 0.15) is 50.1 Å². The van der Waals surface area contributed by atoms with Crippen molar-refractivity contribution in [1.29, 1.82) is 0 Å². The number of hydrogen-bond acceptors (Lipinski definition) is 10. The van der Waals surface area contributed by atoms with Crippen LogP contribution in [0.25, 0.3) is 11.1 Å². The van der Waals surface area contributed by atoms with Crippen molar-refractivity contribution in [1.82, 2.24) is 0 Å². The number of carbonyl (C=O) groups excluding carboxylic acids is 2. The van der Waals surface area contributed by atoms with Gasteiger partial charge in [-0.3, -0.25) is 9.13 Å². The molecule has 0 aliphatic heterocycles. The molecule has 9 rings (SSSR count). The van der Waals surface area contributed by atoms with Crippen LogP contribution in [-0.4, -0.2) is 50.6 Å². The van der Waals surface area contributed by atoms with Gasteiger partial charge < -0.3 is 28.0 Å². The molecule has 12 heteroatoms. The highest BCUT2D eigenvalue weighted by Crippen LogP contribution is 2.56. The van der Waals surface area contributed by atoms with E-state index in [0.717, 1.165) is 45.5 Å². The molecule has 8 aromatic carbocycles. The number of esters is 2. The van der Waals surface area contributed by atoms with Gasteiger partial charge in [0.15, 0.2) is 0 Å². The summed E-state index contributed by atoms with van der Waals surface area (Å²) < 4.78 is 66.5. The van der Waals surface area contributed by atoms with Crippen LogP contribution >= 0.6 is 14.7 Å². The van der Waals surface area contributed by atoms with E-state index in [-0.39, 0.29) is 26.4 Å². The van der Waals surface area contributed by atoms with Crippen LogP contribution in [0.2, 0.25) is 0 Å². The first-order valence-electron chi connectivity index (χ1n) is 23.7. The van der Waals surface area contributed by atoms with Crippen molar-refractivity contribution < 1.29 is 46.7 Å². The molecule has 0 bridgehead atoms. The zero-order valence-corrected chi connectivity index (χ0v) is 41.6. The molecule has 2 unspecified atom stereocenters. The minimum Gasteiger partial charge on any atom is -0.491 e. The van der Waals surface area contributed by atoms with E-state index < -0.39 is 44.3 Å². The Morgan fingerprint density at radius 3 is 1.03 bits per heavy atom. The standard InChI is InChI=1S/C61H52O10P2/c1-3-59(62)68-43-49(70-72(64,51-21-9-5-10-22-51)52-23-11-6-12-24-52)41-66-47-37-33-45(34-38-47)61(57-31-19-17-29-55(57)56-30-18-20-32-58(56)61)46-35-39-48(40-36-46)67-42-50(44-69-60(63)4-2)71-73(65,53-25-13-7-14-26-53)54-27-15-8-16-28-54/h3-40,49-50H,1-2,41-44H2. The zero-order valence-electron chi connectivity index (χ0n) is 39.8. The summed E-state index contributed by atoms with van der Waals surface area (Å²) in [5.41, 5.74) is 5.52. The third-order valence-corrected chi connectivity index (χ3v) is 17.6. The third-order valence-electron chi connectivity index (χ3n) is 12.5. The Hall–Kier alpha value is -7.84. The van der Waals surface area contributed by atoms with Gasteiger partial charge in [-0.25, -0.2) is 9.59 Å². The lowest BCUT2D eigenvalue weighted by molar-refractivity contribution is -0.141. The van der Waals surface area contributed by atoms with Gasteiger partial charge in [0.25, 0.3) is 14.7 Å². The molecule has 0 spiro atoms. The lowest BCUT2D eigenvalue weighted by atomic mass is 9.68. The third kappa shape index (κ3) is 10.7. The van der Waals surface area contributed by atoms with E-state index in [1.54, 1.807) is 97.1 Å². The largest absolute Gasteiger partial charge is 0.491 e. The highest BCUT2D eigenvalue weighted by Gasteiger charge is 2.46. The van der Waals surface area contributed by atoms with E-state index >= 15 is 0 Å². The van der Waals surface area contributed by atoms with Crippen molar-refractivity contribution in [2.75, 3.05) is 26.4 Å². The van der Waals surface area contributed by atoms with E-state index in [2.05, 4.69) is 37.4 Å². The molecule has 1 aliphatic carbocycles. The molecule has 1 aliphatic rings. The first kappa shape index (κ1) is 50.1. The average Bonchev–Trinajstić information content (AvgIpc) is 3.77. The number of rotatable bonds is 22. The molecular weight excluding hydrogens is 955 g/mol. The summed E-state index contributed by atoms with van der Waals surface area (Å²) in [4.78, 5) is 24.6. The summed E-state index contributed by atoms with van der Waals surface area (Å²) in [5, 5.41) is 1.97. The molecule has 366 valence electrons. The smallest absolute Gasteiger partial charge is 0.330 e. The minimum absolute atomic E-state index is 0.0929. The Morgan fingerprint density at radius 1 is 0.411 bits per heavy atom. The maximum absolute atomic E-state index is 14.9. The average molecular weight is 1010 g/mol. The summed E-state index contributed by atoms with van der Waals surface area (Å²) in [6.45, 7) is 6.39. The predicted octanol–water partition coefficient (Wildman–Crippen LogP) is 10.9. The highest BCUT2D eigenvalue weighted by atomic mass is 31.2. The molecule has 8 aromatic rings. The first-order chi connectivity index (χ1) is 35.6. The van der Waals surface area contributed by atoms with Gasteiger partial charge in [0.05, 0.1) is 5.41 Å². The fourth-order valence-corrected chi connectivity index (χ4v) is 13.6. The van der Waals surface area contributed by atoms with Crippen LogP contribution in [0.5, 0.6) is 11.5 Å². The number of hydrogen-bond donors (Lipinski definition) is 0. The lowest BCUT2D eigenvalue weighted by Gasteiger charge is -2.34. The molecule has 0 N–H and O–H groups in total. The molecule has 2 atom stereocenters. The van der Waals surface area contributed by atoms with Crippen LogP contribution in [0.1, 0.15) is 22.3 Å². The van der Waals surface area contributed by atoms with Gasteiger partial charge in [0, 0.05) is 33.4 Å². The topological polar surface area (TPSA) is 124 Å². The Balaban J connectivity index is 1.01. The van der Waals surface area contributed by atoms with Crippen molar-refractivity contribution >= 4 is 47.9 Å². The summed E-state index contributed by atoms with van der Waals surface area (Å²) in [5.74, 6) is -0.263. The van der Waals surface area contributed by atoms with E-state index in [1.165, 1.54) is 0 Å². The highest BCUT2D eigenvalue weighted by molar-refractivity contribution is 7.74. The fraction of sp³-hybridized carbons (Fsp3) is 0.115. The van der Waals surface area contributed by atoms with E-state index in [0.29, 0.717) is 32.7 Å². The predicted molar refractivity (Wildman–Crippen MR) is 286 cm³/mol. The van der Waals surface area contributed by atoms with Crippen LogP contribution < -0.4 is 30.7 Å². The maximum atomic E-state index is 14.9. The molecule has 0 heterocycles. The second-order valence-corrected chi connectivity index (χ2v) is 21.8. The maximum Gasteiger partial charge on any atom is 0.330 e. The van der Waals surface area contributed by atoms with Gasteiger partial charge in [-0.15, -0.1) is 0 Å². The molecule has 0 fully saturated rings. The summed E-state index contributed by atoms with van der Waals surface area (Å²) in [7, 11) is -7.39. The van der Waals surface area contributed by atoms with Gasteiger partial charge >= 0.3 is 11.9 Å². The molecule has 0 aromatic heterocycles. The summed E-state index contributed by atoms with van der Waals surface area (Å²) in [6, 6.07) is 68.3. The second-order valence-electron chi connectivity index (χ2n) is 17.1. The molecule has 0 radical (unpaired) electrons.